The summed E-state index contributed by atoms with van der Waals surface area (Å²) in [4.78, 5) is 6.87. The van der Waals surface area contributed by atoms with Crippen LogP contribution >= 0.6 is 11.6 Å². The largest absolute Gasteiger partial charge is 0.489 e. The Morgan fingerprint density at radius 1 is 1.32 bits per heavy atom. The number of nitrogens with zero attached hydrogens (tertiary/aromatic N) is 2. The molecule has 1 aliphatic rings. The lowest BCUT2D eigenvalue weighted by Gasteiger charge is -2.33. The third-order valence-electron chi connectivity index (χ3n) is 4.40. The van der Waals surface area contributed by atoms with Gasteiger partial charge in [0.25, 0.3) is 0 Å². The summed E-state index contributed by atoms with van der Waals surface area (Å²) in [6.45, 7) is 8.51. The average molecular weight is 367 g/mol. The molecule has 1 aromatic carbocycles. The van der Waals surface area contributed by atoms with E-state index in [-0.39, 0.29) is 6.10 Å². The van der Waals surface area contributed by atoms with E-state index in [1.54, 1.807) is 0 Å². The molecule has 1 atom stereocenters. The number of benzene rings is 1. The van der Waals surface area contributed by atoms with Gasteiger partial charge in [-0.3, -0.25) is 4.99 Å². The van der Waals surface area contributed by atoms with Gasteiger partial charge in [0.1, 0.15) is 11.9 Å². The second kappa shape index (κ2) is 10.5. The number of hydrogen-bond acceptors (Lipinski definition) is 3. The molecule has 140 valence electrons. The number of rotatable bonds is 7. The first-order valence-corrected chi connectivity index (χ1v) is 9.60. The molecule has 1 heterocycles. The predicted molar refractivity (Wildman–Crippen MR) is 106 cm³/mol. The van der Waals surface area contributed by atoms with E-state index in [9.17, 15) is 0 Å². The number of aliphatic imine (C=N–C) groups is 1. The first kappa shape index (κ1) is 19.9. The Bertz CT molecular complexity index is 527. The molecule has 2 N–H and O–H groups in total. The number of halogens is 1. The highest BCUT2D eigenvalue weighted by molar-refractivity contribution is 6.30. The van der Waals surface area contributed by atoms with Crippen LogP contribution in [0.2, 0.25) is 5.02 Å². The fourth-order valence-corrected chi connectivity index (χ4v) is 3.16. The molecule has 1 fully saturated rings. The summed E-state index contributed by atoms with van der Waals surface area (Å²) in [5.41, 5.74) is 0. The highest BCUT2D eigenvalue weighted by Crippen LogP contribution is 2.16. The van der Waals surface area contributed by atoms with Crippen molar-refractivity contribution in [2.45, 2.75) is 45.3 Å². The molecule has 1 saturated heterocycles. The van der Waals surface area contributed by atoms with Crippen molar-refractivity contribution in [3.8, 4) is 5.75 Å². The van der Waals surface area contributed by atoms with Gasteiger partial charge in [0.2, 0.25) is 0 Å². The SMILES string of the molecule is CCCN1CCC(NC(=NC)NCC(C)Oc2ccc(Cl)cc2)CC1. The number of likely N-dealkylation sites (tertiary alicyclic amines) is 1. The monoisotopic (exact) mass is 366 g/mol. The molecule has 0 amide bonds. The molecule has 0 saturated carbocycles. The van der Waals surface area contributed by atoms with Gasteiger partial charge in [0.15, 0.2) is 5.96 Å². The molecule has 0 aromatic heterocycles. The van der Waals surface area contributed by atoms with Crippen LogP contribution in [-0.2, 0) is 0 Å². The normalized spacial score (nSPS) is 18.0. The highest BCUT2D eigenvalue weighted by Gasteiger charge is 2.19. The van der Waals surface area contributed by atoms with E-state index in [4.69, 9.17) is 16.3 Å². The summed E-state index contributed by atoms with van der Waals surface area (Å²) in [6.07, 6.45) is 3.59. The highest BCUT2D eigenvalue weighted by atomic mass is 35.5. The minimum Gasteiger partial charge on any atom is -0.489 e. The van der Waals surface area contributed by atoms with Crippen LogP contribution in [0.4, 0.5) is 0 Å². The van der Waals surface area contributed by atoms with Crippen molar-refractivity contribution in [3.63, 3.8) is 0 Å². The molecular formula is C19H31ClN4O. The van der Waals surface area contributed by atoms with Gasteiger partial charge in [0, 0.05) is 31.2 Å². The number of piperidine rings is 1. The van der Waals surface area contributed by atoms with E-state index >= 15 is 0 Å². The van der Waals surface area contributed by atoms with Crippen LogP contribution in [0.3, 0.4) is 0 Å². The van der Waals surface area contributed by atoms with E-state index in [2.05, 4.69) is 27.4 Å². The zero-order valence-electron chi connectivity index (χ0n) is 15.6. The van der Waals surface area contributed by atoms with E-state index in [0.717, 1.165) is 24.6 Å². The van der Waals surface area contributed by atoms with E-state index < -0.39 is 0 Å². The Labute approximate surface area is 156 Å². The number of ether oxygens (including phenoxy) is 1. The van der Waals surface area contributed by atoms with Crippen LogP contribution < -0.4 is 15.4 Å². The number of hydrogen-bond donors (Lipinski definition) is 2. The minimum atomic E-state index is 0.0335. The molecule has 0 spiro atoms. The Morgan fingerprint density at radius 3 is 2.60 bits per heavy atom. The van der Waals surface area contributed by atoms with Crippen LogP contribution in [-0.4, -0.2) is 56.2 Å². The molecular weight excluding hydrogens is 336 g/mol. The third kappa shape index (κ3) is 7.12. The maximum atomic E-state index is 5.89. The molecule has 5 nitrogen and oxygen atoms in total. The Balaban J connectivity index is 1.70. The van der Waals surface area contributed by atoms with Crippen LogP contribution in [0.25, 0.3) is 0 Å². The van der Waals surface area contributed by atoms with Crippen molar-refractivity contribution >= 4 is 17.6 Å². The summed E-state index contributed by atoms with van der Waals surface area (Å²) in [5, 5.41) is 7.61. The van der Waals surface area contributed by atoms with Gasteiger partial charge >= 0.3 is 0 Å². The minimum absolute atomic E-state index is 0.0335. The van der Waals surface area contributed by atoms with Gasteiger partial charge < -0.3 is 20.3 Å². The average Bonchev–Trinajstić information content (AvgIpc) is 2.62. The van der Waals surface area contributed by atoms with Crippen LogP contribution in [0.5, 0.6) is 5.75 Å². The summed E-state index contributed by atoms with van der Waals surface area (Å²) < 4.78 is 5.88. The predicted octanol–water partition coefficient (Wildman–Crippen LogP) is 3.15. The van der Waals surface area contributed by atoms with Gasteiger partial charge in [0.05, 0.1) is 6.54 Å². The van der Waals surface area contributed by atoms with Crippen molar-refractivity contribution in [2.24, 2.45) is 4.99 Å². The lowest BCUT2D eigenvalue weighted by Crippen LogP contribution is -2.50. The summed E-state index contributed by atoms with van der Waals surface area (Å²) in [6, 6.07) is 7.93. The molecule has 0 bridgehead atoms. The van der Waals surface area contributed by atoms with Crippen LogP contribution in [0.1, 0.15) is 33.1 Å². The third-order valence-corrected chi connectivity index (χ3v) is 4.65. The first-order chi connectivity index (χ1) is 12.1. The fourth-order valence-electron chi connectivity index (χ4n) is 3.03. The zero-order valence-corrected chi connectivity index (χ0v) is 16.4. The second-order valence-electron chi connectivity index (χ2n) is 6.60. The van der Waals surface area contributed by atoms with Gasteiger partial charge in [-0.15, -0.1) is 0 Å². The van der Waals surface area contributed by atoms with E-state index in [1.807, 2.05) is 38.2 Å². The Kier molecular flexibility index (Phi) is 8.35. The van der Waals surface area contributed by atoms with Gasteiger partial charge in [-0.25, -0.2) is 0 Å². The lowest BCUT2D eigenvalue weighted by atomic mass is 10.1. The van der Waals surface area contributed by atoms with Gasteiger partial charge in [-0.1, -0.05) is 18.5 Å². The number of guanidine groups is 1. The molecule has 25 heavy (non-hydrogen) atoms. The summed E-state index contributed by atoms with van der Waals surface area (Å²) in [5.74, 6) is 1.67. The van der Waals surface area contributed by atoms with Crippen molar-refractivity contribution < 1.29 is 4.74 Å². The lowest BCUT2D eigenvalue weighted by molar-refractivity contribution is 0.205. The molecule has 1 aromatic rings. The topological polar surface area (TPSA) is 48.9 Å². The van der Waals surface area contributed by atoms with Crippen LogP contribution in [0, 0.1) is 0 Å². The van der Waals surface area contributed by atoms with Gasteiger partial charge in [-0.05, 0) is 57.0 Å². The second-order valence-corrected chi connectivity index (χ2v) is 7.03. The molecule has 0 radical (unpaired) electrons. The van der Waals surface area contributed by atoms with Crippen molar-refractivity contribution in [2.75, 3.05) is 33.2 Å². The Morgan fingerprint density at radius 2 is 2.00 bits per heavy atom. The maximum Gasteiger partial charge on any atom is 0.191 e. The fraction of sp³-hybridized carbons (Fsp3) is 0.632. The Hall–Kier alpha value is -1.46. The summed E-state index contributed by atoms with van der Waals surface area (Å²) in [7, 11) is 1.81. The number of nitrogens with one attached hydrogen (secondary N) is 2. The first-order valence-electron chi connectivity index (χ1n) is 9.22. The molecule has 6 heteroatoms. The smallest absolute Gasteiger partial charge is 0.191 e. The van der Waals surface area contributed by atoms with E-state index in [1.165, 1.54) is 26.1 Å². The molecule has 1 aliphatic heterocycles. The standard InChI is InChI=1S/C19H31ClN4O/c1-4-11-24-12-9-17(10-13-24)23-19(21-3)22-14-15(2)25-18-7-5-16(20)6-8-18/h5-8,15,17H,4,9-14H2,1-3H3,(H2,21,22,23). The zero-order chi connectivity index (χ0) is 18.1. The maximum absolute atomic E-state index is 5.89. The van der Waals surface area contributed by atoms with Crippen molar-refractivity contribution in [3.05, 3.63) is 29.3 Å². The van der Waals surface area contributed by atoms with E-state index in [0.29, 0.717) is 17.6 Å². The molecule has 1 unspecified atom stereocenters. The van der Waals surface area contributed by atoms with Crippen molar-refractivity contribution in [1.29, 1.82) is 0 Å². The quantitative estimate of drug-likeness (QED) is 0.575. The summed E-state index contributed by atoms with van der Waals surface area (Å²) >= 11 is 5.89. The van der Waals surface area contributed by atoms with Crippen LogP contribution in [0.15, 0.2) is 29.3 Å². The van der Waals surface area contributed by atoms with Crippen molar-refractivity contribution in [1.82, 2.24) is 15.5 Å². The van der Waals surface area contributed by atoms with Gasteiger partial charge in [-0.2, -0.15) is 0 Å². The molecule has 2 rings (SSSR count). The molecule has 0 aliphatic carbocycles.